The van der Waals surface area contributed by atoms with E-state index in [9.17, 15) is 17.2 Å². The van der Waals surface area contributed by atoms with Gasteiger partial charge in [0.15, 0.2) is 9.84 Å². The van der Waals surface area contributed by atoms with E-state index in [0.29, 0.717) is 12.6 Å². The topological polar surface area (TPSA) is 55.4 Å². The molecule has 0 aliphatic rings. The van der Waals surface area contributed by atoms with Crippen molar-refractivity contribution in [2.24, 2.45) is 0 Å². The Morgan fingerprint density at radius 1 is 1.35 bits per heavy atom. The molecule has 0 aliphatic carbocycles. The molecule has 0 saturated carbocycles. The van der Waals surface area contributed by atoms with Crippen molar-refractivity contribution in [2.45, 2.75) is 24.3 Å². The van der Waals surface area contributed by atoms with Crippen LogP contribution in [0.25, 0.3) is 0 Å². The van der Waals surface area contributed by atoms with Crippen molar-refractivity contribution in [3.63, 3.8) is 0 Å². The summed E-state index contributed by atoms with van der Waals surface area (Å²) in [6.07, 6.45) is 0.838. The van der Waals surface area contributed by atoms with Crippen LogP contribution in [0.1, 0.15) is 13.3 Å². The zero-order valence-electron chi connectivity index (χ0n) is 11.5. The van der Waals surface area contributed by atoms with Crippen LogP contribution in [-0.4, -0.2) is 40.5 Å². The van der Waals surface area contributed by atoms with Crippen LogP contribution in [-0.2, 0) is 14.6 Å². The van der Waals surface area contributed by atoms with Crippen LogP contribution in [0.3, 0.4) is 0 Å². The Morgan fingerprint density at radius 2 is 2.05 bits per heavy atom. The molecule has 0 bridgehead atoms. The van der Waals surface area contributed by atoms with E-state index in [4.69, 9.17) is 4.74 Å². The summed E-state index contributed by atoms with van der Waals surface area (Å²) in [5.41, 5.74) is 0. The number of nitrogens with one attached hydrogen (secondary N) is 1. The first-order chi connectivity index (χ1) is 9.40. The van der Waals surface area contributed by atoms with Crippen LogP contribution in [0.4, 0.5) is 8.78 Å². The quantitative estimate of drug-likeness (QED) is 0.744. The monoisotopic (exact) mass is 307 g/mol. The van der Waals surface area contributed by atoms with Crippen molar-refractivity contribution >= 4 is 9.84 Å². The van der Waals surface area contributed by atoms with Crippen LogP contribution in [0.5, 0.6) is 0 Å². The third-order valence-electron chi connectivity index (χ3n) is 2.70. The second-order valence-electron chi connectivity index (χ2n) is 4.46. The van der Waals surface area contributed by atoms with E-state index in [1.54, 1.807) is 0 Å². The van der Waals surface area contributed by atoms with Crippen molar-refractivity contribution in [1.29, 1.82) is 0 Å². The van der Waals surface area contributed by atoms with E-state index < -0.39 is 32.4 Å². The SMILES string of the molecule is CCCNC(COC)CS(=O)(=O)c1ccc(F)cc1F. The normalized spacial score (nSPS) is 13.4. The molecule has 0 saturated heterocycles. The third-order valence-corrected chi connectivity index (χ3v) is 4.54. The van der Waals surface area contributed by atoms with Gasteiger partial charge in [-0.25, -0.2) is 17.2 Å². The van der Waals surface area contributed by atoms with Gasteiger partial charge in [-0.1, -0.05) is 6.92 Å². The molecular formula is C13H19F2NO3S. The van der Waals surface area contributed by atoms with E-state index in [-0.39, 0.29) is 12.4 Å². The minimum atomic E-state index is -3.84. The predicted octanol–water partition coefficient (Wildman–Crippen LogP) is 1.75. The third kappa shape index (κ3) is 4.81. The highest BCUT2D eigenvalue weighted by atomic mass is 32.2. The Kier molecular flexibility index (Phi) is 6.51. The molecule has 1 aromatic rings. The number of ether oxygens (including phenoxy) is 1. The van der Waals surface area contributed by atoms with E-state index in [0.717, 1.165) is 18.6 Å². The lowest BCUT2D eigenvalue weighted by atomic mass is 10.3. The van der Waals surface area contributed by atoms with Gasteiger partial charge in [0, 0.05) is 19.2 Å². The maximum atomic E-state index is 13.6. The molecule has 0 amide bonds. The average molecular weight is 307 g/mol. The van der Waals surface area contributed by atoms with Crippen molar-refractivity contribution in [2.75, 3.05) is 26.0 Å². The fourth-order valence-electron chi connectivity index (χ4n) is 1.80. The minimum Gasteiger partial charge on any atom is -0.383 e. The molecule has 114 valence electrons. The Morgan fingerprint density at radius 3 is 2.60 bits per heavy atom. The summed E-state index contributed by atoms with van der Waals surface area (Å²) in [4.78, 5) is -0.488. The minimum absolute atomic E-state index is 0.196. The van der Waals surface area contributed by atoms with Gasteiger partial charge in [-0.15, -0.1) is 0 Å². The van der Waals surface area contributed by atoms with E-state index in [2.05, 4.69) is 5.32 Å². The van der Waals surface area contributed by atoms with Gasteiger partial charge in [-0.05, 0) is 25.1 Å². The molecule has 0 spiro atoms. The van der Waals surface area contributed by atoms with E-state index in [1.807, 2.05) is 6.92 Å². The Bertz CT molecular complexity index is 534. The van der Waals surface area contributed by atoms with Crippen LogP contribution in [0.2, 0.25) is 0 Å². The summed E-state index contributed by atoms with van der Waals surface area (Å²) in [6, 6.07) is 2.01. The Hall–Kier alpha value is -1.05. The van der Waals surface area contributed by atoms with Crippen LogP contribution >= 0.6 is 0 Å². The van der Waals surface area contributed by atoms with Gasteiger partial charge in [-0.3, -0.25) is 0 Å². The fourth-order valence-corrected chi connectivity index (χ4v) is 3.35. The first-order valence-electron chi connectivity index (χ1n) is 6.30. The molecule has 4 nitrogen and oxygen atoms in total. The zero-order valence-corrected chi connectivity index (χ0v) is 12.3. The highest BCUT2D eigenvalue weighted by Gasteiger charge is 2.24. The molecule has 1 atom stereocenters. The molecule has 0 heterocycles. The maximum absolute atomic E-state index is 13.6. The fraction of sp³-hybridized carbons (Fsp3) is 0.538. The molecule has 0 fully saturated rings. The summed E-state index contributed by atoms with van der Waals surface area (Å²) in [7, 11) is -2.38. The van der Waals surface area contributed by atoms with Crippen molar-refractivity contribution in [1.82, 2.24) is 5.32 Å². The molecular weight excluding hydrogens is 288 g/mol. The zero-order chi connectivity index (χ0) is 15.2. The standard InChI is InChI=1S/C13H19F2NO3S/c1-3-6-16-11(8-19-2)9-20(17,18)13-5-4-10(14)7-12(13)15/h4-5,7,11,16H,3,6,8-9H2,1-2H3. The second-order valence-corrected chi connectivity index (χ2v) is 6.47. The Labute approximate surface area is 118 Å². The summed E-state index contributed by atoms with van der Waals surface area (Å²) in [5.74, 6) is -2.18. The summed E-state index contributed by atoms with van der Waals surface area (Å²) in [6.45, 7) is 2.78. The number of hydrogen-bond donors (Lipinski definition) is 1. The van der Waals surface area contributed by atoms with Crippen molar-refractivity contribution < 1.29 is 21.9 Å². The molecule has 20 heavy (non-hydrogen) atoms. The molecule has 1 aromatic carbocycles. The highest BCUT2D eigenvalue weighted by molar-refractivity contribution is 7.91. The second kappa shape index (κ2) is 7.66. The molecule has 0 aliphatic heterocycles. The van der Waals surface area contributed by atoms with Crippen molar-refractivity contribution in [3.8, 4) is 0 Å². The molecule has 1 unspecified atom stereocenters. The molecule has 1 N–H and O–H groups in total. The van der Waals surface area contributed by atoms with Gasteiger partial charge in [0.05, 0.1) is 12.4 Å². The summed E-state index contributed by atoms with van der Waals surface area (Å²) >= 11 is 0. The van der Waals surface area contributed by atoms with Gasteiger partial charge in [0.25, 0.3) is 0 Å². The van der Waals surface area contributed by atoms with E-state index >= 15 is 0 Å². The smallest absolute Gasteiger partial charge is 0.182 e. The van der Waals surface area contributed by atoms with Gasteiger partial charge in [0.1, 0.15) is 16.5 Å². The van der Waals surface area contributed by atoms with Gasteiger partial charge in [0.2, 0.25) is 0 Å². The average Bonchev–Trinajstić information content (AvgIpc) is 2.35. The van der Waals surface area contributed by atoms with Crippen LogP contribution in [0.15, 0.2) is 23.1 Å². The lowest BCUT2D eigenvalue weighted by molar-refractivity contribution is 0.173. The largest absolute Gasteiger partial charge is 0.383 e. The van der Waals surface area contributed by atoms with Crippen LogP contribution in [0, 0.1) is 11.6 Å². The van der Waals surface area contributed by atoms with Crippen molar-refractivity contribution in [3.05, 3.63) is 29.8 Å². The van der Waals surface area contributed by atoms with Gasteiger partial charge >= 0.3 is 0 Å². The molecule has 7 heteroatoms. The molecule has 1 rings (SSSR count). The van der Waals surface area contributed by atoms with E-state index in [1.165, 1.54) is 7.11 Å². The number of halogens is 2. The van der Waals surface area contributed by atoms with Gasteiger partial charge in [-0.2, -0.15) is 0 Å². The summed E-state index contributed by atoms with van der Waals surface area (Å²) in [5, 5.41) is 3.03. The number of hydrogen-bond acceptors (Lipinski definition) is 4. The number of benzene rings is 1. The molecule has 0 radical (unpaired) electrons. The lowest BCUT2D eigenvalue weighted by Gasteiger charge is -2.17. The predicted molar refractivity (Wildman–Crippen MR) is 72.4 cm³/mol. The Balaban J connectivity index is 2.91. The lowest BCUT2D eigenvalue weighted by Crippen LogP contribution is -2.39. The number of rotatable bonds is 8. The number of sulfone groups is 1. The van der Waals surface area contributed by atoms with Gasteiger partial charge < -0.3 is 10.1 Å². The first kappa shape index (κ1) is 17.0. The summed E-state index contributed by atoms with van der Waals surface area (Å²) < 4.78 is 55.6. The number of methoxy groups -OCH3 is 1. The maximum Gasteiger partial charge on any atom is 0.182 e. The first-order valence-corrected chi connectivity index (χ1v) is 7.96. The highest BCUT2D eigenvalue weighted by Crippen LogP contribution is 2.17. The molecule has 0 aromatic heterocycles. The van der Waals surface area contributed by atoms with Crippen LogP contribution < -0.4 is 5.32 Å².